The molecule has 0 aromatic heterocycles. The van der Waals surface area contributed by atoms with E-state index < -0.39 is 10.0 Å². The maximum absolute atomic E-state index is 12.1. The average molecular weight is 305 g/mol. The van der Waals surface area contributed by atoms with Gasteiger partial charge in [-0.1, -0.05) is 12.1 Å². The molecule has 0 spiro atoms. The molecule has 0 aliphatic rings. The van der Waals surface area contributed by atoms with Crippen LogP contribution >= 0.6 is 11.8 Å². The molecule has 0 bridgehead atoms. The molecule has 7 heteroatoms. The number of thioether (sulfide) groups is 1. The Morgan fingerprint density at radius 2 is 2.05 bits per heavy atom. The number of hydrogen-bond acceptors (Lipinski definition) is 5. The molecule has 1 aromatic rings. The third-order valence-corrected chi connectivity index (χ3v) is 4.91. The van der Waals surface area contributed by atoms with Gasteiger partial charge < -0.3 is 9.84 Å². The summed E-state index contributed by atoms with van der Waals surface area (Å²) >= 11 is 1.61. The minimum atomic E-state index is -3.53. The molecular weight excluding hydrogens is 286 g/mol. The Bertz CT molecular complexity index is 476. The van der Waals surface area contributed by atoms with Crippen LogP contribution in [0.2, 0.25) is 0 Å². The molecule has 108 valence electrons. The second-order valence-electron chi connectivity index (χ2n) is 3.74. The summed E-state index contributed by atoms with van der Waals surface area (Å²) in [4.78, 5) is 0.151. The summed E-state index contributed by atoms with van der Waals surface area (Å²) < 4.78 is 31.7. The van der Waals surface area contributed by atoms with Crippen LogP contribution in [0.15, 0.2) is 29.2 Å². The molecule has 2 N–H and O–H groups in total. The highest BCUT2D eigenvalue weighted by atomic mass is 32.2. The topological polar surface area (TPSA) is 75.6 Å². The highest BCUT2D eigenvalue weighted by Gasteiger charge is 2.17. The lowest BCUT2D eigenvalue weighted by Crippen LogP contribution is -2.26. The third kappa shape index (κ3) is 5.40. The summed E-state index contributed by atoms with van der Waals surface area (Å²) in [6, 6.07) is 6.51. The predicted octanol–water partition coefficient (Wildman–Crippen LogP) is 1.09. The van der Waals surface area contributed by atoms with Crippen LogP contribution in [0.1, 0.15) is 6.42 Å². The van der Waals surface area contributed by atoms with Crippen LogP contribution in [0.5, 0.6) is 5.75 Å². The van der Waals surface area contributed by atoms with Crippen molar-refractivity contribution in [2.24, 2.45) is 0 Å². The fourth-order valence-electron chi connectivity index (χ4n) is 1.44. The van der Waals surface area contributed by atoms with E-state index in [2.05, 4.69) is 4.72 Å². The number of nitrogens with one attached hydrogen (secondary N) is 1. The van der Waals surface area contributed by atoms with E-state index in [1.165, 1.54) is 13.2 Å². The first-order valence-electron chi connectivity index (χ1n) is 5.93. The van der Waals surface area contributed by atoms with Gasteiger partial charge in [0, 0.05) is 18.9 Å². The van der Waals surface area contributed by atoms with Gasteiger partial charge in [-0.05, 0) is 24.3 Å². The molecule has 19 heavy (non-hydrogen) atoms. The van der Waals surface area contributed by atoms with E-state index in [4.69, 9.17) is 9.84 Å². The lowest BCUT2D eigenvalue weighted by atomic mass is 10.3. The Hall–Kier alpha value is -0.760. The van der Waals surface area contributed by atoms with Crippen molar-refractivity contribution in [3.63, 3.8) is 0 Å². The molecule has 0 amide bonds. The van der Waals surface area contributed by atoms with Crippen molar-refractivity contribution in [3.8, 4) is 5.75 Å². The number of aliphatic hydroxyl groups is 1. The van der Waals surface area contributed by atoms with Gasteiger partial charge in [-0.15, -0.1) is 0 Å². The molecule has 1 aromatic carbocycles. The van der Waals surface area contributed by atoms with Crippen molar-refractivity contribution in [1.29, 1.82) is 0 Å². The van der Waals surface area contributed by atoms with Crippen molar-refractivity contribution < 1.29 is 18.3 Å². The van der Waals surface area contributed by atoms with Crippen LogP contribution < -0.4 is 9.46 Å². The van der Waals surface area contributed by atoms with Crippen LogP contribution in [-0.2, 0) is 10.0 Å². The second-order valence-corrected chi connectivity index (χ2v) is 6.70. The van der Waals surface area contributed by atoms with E-state index in [1.807, 2.05) is 0 Å². The summed E-state index contributed by atoms with van der Waals surface area (Å²) in [5.74, 6) is 1.84. The van der Waals surface area contributed by atoms with Gasteiger partial charge in [0.05, 0.1) is 7.11 Å². The zero-order valence-electron chi connectivity index (χ0n) is 10.8. The van der Waals surface area contributed by atoms with Gasteiger partial charge in [0.25, 0.3) is 0 Å². The molecule has 0 saturated carbocycles. The standard InChI is InChI=1S/C12H19NO4S2/c1-17-11-5-2-3-6-12(11)19(15,16)13-7-10-18-9-4-8-14/h2-3,5-6,13-14H,4,7-10H2,1H3. The molecule has 1 rings (SSSR count). The molecule has 5 nitrogen and oxygen atoms in total. The summed E-state index contributed by atoms with van der Waals surface area (Å²) in [6.07, 6.45) is 0.726. The number of methoxy groups -OCH3 is 1. The molecule has 0 unspecified atom stereocenters. The van der Waals surface area contributed by atoms with E-state index in [9.17, 15) is 8.42 Å². The highest BCUT2D eigenvalue weighted by molar-refractivity contribution is 7.99. The van der Waals surface area contributed by atoms with Gasteiger partial charge in [-0.3, -0.25) is 0 Å². The first-order valence-corrected chi connectivity index (χ1v) is 8.57. The Labute approximate surface area is 118 Å². The van der Waals surface area contributed by atoms with Gasteiger partial charge in [0.2, 0.25) is 10.0 Å². The number of hydrogen-bond donors (Lipinski definition) is 2. The van der Waals surface area contributed by atoms with Gasteiger partial charge in [-0.2, -0.15) is 11.8 Å². The van der Waals surface area contributed by atoms with E-state index >= 15 is 0 Å². The van der Waals surface area contributed by atoms with Crippen molar-refractivity contribution >= 4 is 21.8 Å². The maximum atomic E-state index is 12.1. The van der Waals surface area contributed by atoms with Crippen molar-refractivity contribution in [2.75, 3.05) is 31.8 Å². The minimum absolute atomic E-state index is 0.151. The number of para-hydroxylation sites is 1. The molecule has 0 aliphatic carbocycles. The highest BCUT2D eigenvalue weighted by Crippen LogP contribution is 2.22. The van der Waals surface area contributed by atoms with Crippen molar-refractivity contribution in [2.45, 2.75) is 11.3 Å². The van der Waals surface area contributed by atoms with Gasteiger partial charge in [0.15, 0.2) is 0 Å². The Morgan fingerprint density at radius 3 is 2.74 bits per heavy atom. The van der Waals surface area contributed by atoms with E-state index in [0.717, 1.165) is 12.2 Å². The Kier molecular flexibility index (Phi) is 7.22. The number of sulfonamides is 1. The van der Waals surface area contributed by atoms with E-state index in [1.54, 1.807) is 30.0 Å². The van der Waals surface area contributed by atoms with E-state index in [0.29, 0.717) is 18.0 Å². The molecule has 0 saturated heterocycles. The second kappa shape index (κ2) is 8.42. The Morgan fingerprint density at radius 1 is 1.32 bits per heavy atom. The van der Waals surface area contributed by atoms with Crippen LogP contribution in [0.4, 0.5) is 0 Å². The zero-order valence-corrected chi connectivity index (χ0v) is 12.5. The van der Waals surface area contributed by atoms with Gasteiger partial charge in [0.1, 0.15) is 10.6 Å². The average Bonchev–Trinajstić information content (AvgIpc) is 2.42. The lowest BCUT2D eigenvalue weighted by Gasteiger charge is -2.10. The number of rotatable bonds is 9. The predicted molar refractivity (Wildman–Crippen MR) is 77.2 cm³/mol. The quantitative estimate of drug-likeness (QED) is 0.668. The SMILES string of the molecule is COc1ccccc1S(=O)(=O)NCCSCCCO. The van der Waals surface area contributed by atoms with Crippen LogP contribution in [0.25, 0.3) is 0 Å². The lowest BCUT2D eigenvalue weighted by molar-refractivity contribution is 0.296. The smallest absolute Gasteiger partial charge is 0.244 e. The molecule has 0 fully saturated rings. The fraction of sp³-hybridized carbons (Fsp3) is 0.500. The third-order valence-electron chi connectivity index (χ3n) is 2.34. The fourth-order valence-corrected chi connectivity index (χ4v) is 3.55. The summed E-state index contributed by atoms with van der Waals surface area (Å²) in [6.45, 7) is 0.524. The van der Waals surface area contributed by atoms with Gasteiger partial charge >= 0.3 is 0 Å². The van der Waals surface area contributed by atoms with Crippen LogP contribution in [0, 0.1) is 0 Å². The molecule has 0 atom stereocenters. The normalized spacial score (nSPS) is 11.5. The van der Waals surface area contributed by atoms with Crippen molar-refractivity contribution in [1.82, 2.24) is 4.72 Å². The first-order chi connectivity index (χ1) is 9.11. The van der Waals surface area contributed by atoms with Crippen LogP contribution in [-0.4, -0.2) is 45.3 Å². The first kappa shape index (κ1) is 16.3. The number of benzene rings is 1. The summed E-state index contributed by atoms with van der Waals surface area (Å²) in [7, 11) is -2.09. The van der Waals surface area contributed by atoms with E-state index in [-0.39, 0.29) is 11.5 Å². The largest absolute Gasteiger partial charge is 0.495 e. The number of ether oxygens (including phenoxy) is 1. The van der Waals surface area contributed by atoms with Gasteiger partial charge in [-0.25, -0.2) is 13.1 Å². The molecule has 0 heterocycles. The Balaban J connectivity index is 2.52. The molecular formula is C12H19NO4S2. The van der Waals surface area contributed by atoms with Crippen LogP contribution in [0.3, 0.4) is 0 Å². The number of aliphatic hydroxyl groups excluding tert-OH is 1. The molecule has 0 aliphatic heterocycles. The summed E-state index contributed by atoms with van der Waals surface area (Å²) in [5.41, 5.74) is 0. The molecule has 0 radical (unpaired) electrons. The maximum Gasteiger partial charge on any atom is 0.244 e. The monoisotopic (exact) mass is 305 g/mol. The summed E-state index contributed by atoms with van der Waals surface area (Å²) in [5, 5.41) is 8.62. The van der Waals surface area contributed by atoms with Crippen molar-refractivity contribution in [3.05, 3.63) is 24.3 Å². The zero-order chi connectivity index (χ0) is 14.1. The minimum Gasteiger partial charge on any atom is -0.495 e.